The maximum absolute atomic E-state index is 4.86. The minimum Gasteiger partial charge on any atom is -0.314 e. The van der Waals surface area contributed by atoms with Crippen molar-refractivity contribution in [1.82, 2.24) is 15.1 Å². The molecule has 1 saturated carbocycles. The highest BCUT2D eigenvalue weighted by molar-refractivity contribution is 5.03. The van der Waals surface area contributed by atoms with E-state index in [9.17, 15) is 0 Å². The highest BCUT2D eigenvalue weighted by atomic mass is 15.3. The molecule has 2 heterocycles. The van der Waals surface area contributed by atoms with Gasteiger partial charge >= 0.3 is 0 Å². The van der Waals surface area contributed by atoms with E-state index in [1.807, 2.05) is 0 Å². The predicted octanol–water partition coefficient (Wildman–Crippen LogP) is 3.71. The maximum atomic E-state index is 4.86. The van der Waals surface area contributed by atoms with Crippen molar-refractivity contribution in [1.29, 1.82) is 0 Å². The van der Waals surface area contributed by atoms with Gasteiger partial charge in [-0.25, -0.2) is 0 Å². The van der Waals surface area contributed by atoms with E-state index in [1.54, 1.807) is 0 Å². The van der Waals surface area contributed by atoms with Crippen LogP contribution in [0.4, 0.5) is 0 Å². The molecule has 0 bridgehead atoms. The quantitative estimate of drug-likeness (QED) is 0.908. The molecular weight excluding hydrogens is 246 g/mol. The molecule has 0 radical (unpaired) electrons. The van der Waals surface area contributed by atoms with Crippen LogP contribution in [0.25, 0.3) is 0 Å². The molecule has 20 heavy (non-hydrogen) atoms. The van der Waals surface area contributed by atoms with Gasteiger partial charge in [0.1, 0.15) is 0 Å². The molecule has 2 atom stereocenters. The highest BCUT2D eigenvalue weighted by Crippen LogP contribution is 2.28. The van der Waals surface area contributed by atoms with Crippen LogP contribution in [-0.2, 0) is 6.42 Å². The van der Waals surface area contributed by atoms with Crippen LogP contribution in [0.15, 0.2) is 12.3 Å². The molecular formula is C17H29N3. The van der Waals surface area contributed by atoms with Crippen molar-refractivity contribution < 1.29 is 0 Å². The van der Waals surface area contributed by atoms with E-state index in [0.717, 1.165) is 12.3 Å². The van der Waals surface area contributed by atoms with Crippen molar-refractivity contribution in [3.63, 3.8) is 0 Å². The summed E-state index contributed by atoms with van der Waals surface area (Å²) < 4.78 is 2.24. The van der Waals surface area contributed by atoms with Crippen molar-refractivity contribution in [2.24, 2.45) is 5.92 Å². The topological polar surface area (TPSA) is 29.9 Å². The standard InChI is InChI=1S/C17H29N3/c1-2-14-8-10-18-16(12-14)13-15-9-11-20(19-15)17-6-4-3-5-7-17/h9,11,14,16-18H,2-8,10,12-13H2,1H3. The van der Waals surface area contributed by atoms with Gasteiger partial charge in [-0.15, -0.1) is 0 Å². The van der Waals surface area contributed by atoms with E-state index in [0.29, 0.717) is 12.1 Å². The first-order valence-electron chi connectivity index (χ1n) is 8.62. The molecule has 0 amide bonds. The molecule has 2 unspecified atom stereocenters. The molecule has 0 spiro atoms. The van der Waals surface area contributed by atoms with Crippen molar-refractivity contribution in [2.45, 2.75) is 76.8 Å². The van der Waals surface area contributed by atoms with Gasteiger partial charge in [-0.1, -0.05) is 32.6 Å². The normalized spacial score (nSPS) is 28.6. The number of hydrogen-bond acceptors (Lipinski definition) is 2. The minimum absolute atomic E-state index is 0.642. The molecule has 1 aromatic rings. The molecule has 1 saturated heterocycles. The third-order valence-corrected chi connectivity index (χ3v) is 5.25. The minimum atomic E-state index is 0.642. The number of nitrogens with zero attached hydrogens (tertiary/aromatic N) is 2. The summed E-state index contributed by atoms with van der Waals surface area (Å²) in [4.78, 5) is 0. The fourth-order valence-corrected chi connectivity index (χ4v) is 3.91. The molecule has 0 aromatic carbocycles. The Hall–Kier alpha value is -0.830. The summed E-state index contributed by atoms with van der Waals surface area (Å²) in [5.41, 5.74) is 1.28. The molecule has 1 aliphatic heterocycles. The molecule has 1 aromatic heterocycles. The first-order chi connectivity index (χ1) is 9.85. The number of rotatable bonds is 4. The Morgan fingerprint density at radius 3 is 2.90 bits per heavy atom. The van der Waals surface area contributed by atoms with Crippen molar-refractivity contribution >= 4 is 0 Å². The van der Waals surface area contributed by atoms with E-state index in [4.69, 9.17) is 5.10 Å². The van der Waals surface area contributed by atoms with Crippen LogP contribution in [0.2, 0.25) is 0 Å². The first-order valence-corrected chi connectivity index (χ1v) is 8.62. The predicted molar refractivity (Wildman–Crippen MR) is 82.9 cm³/mol. The van der Waals surface area contributed by atoms with Gasteiger partial charge in [0.05, 0.1) is 11.7 Å². The lowest BCUT2D eigenvalue weighted by molar-refractivity contribution is 0.290. The zero-order valence-electron chi connectivity index (χ0n) is 12.9. The van der Waals surface area contributed by atoms with Crippen molar-refractivity contribution in [3.8, 4) is 0 Å². The van der Waals surface area contributed by atoms with Crippen LogP contribution in [0.5, 0.6) is 0 Å². The molecule has 112 valence electrons. The van der Waals surface area contributed by atoms with E-state index < -0.39 is 0 Å². The summed E-state index contributed by atoms with van der Waals surface area (Å²) in [5, 5.41) is 8.53. The molecule has 3 heteroatoms. The summed E-state index contributed by atoms with van der Waals surface area (Å²) >= 11 is 0. The third kappa shape index (κ3) is 3.43. The van der Waals surface area contributed by atoms with Crippen molar-refractivity contribution in [3.05, 3.63) is 18.0 Å². The number of hydrogen-bond donors (Lipinski definition) is 1. The van der Waals surface area contributed by atoms with E-state index >= 15 is 0 Å². The Labute approximate surface area is 123 Å². The average Bonchev–Trinajstić information content (AvgIpc) is 2.97. The van der Waals surface area contributed by atoms with E-state index in [1.165, 1.54) is 63.6 Å². The third-order valence-electron chi connectivity index (χ3n) is 5.25. The number of piperidine rings is 1. The Kier molecular flexibility index (Phi) is 4.77. The fourth-order valence-electron chi connectivity index (χ4n) is 3.91. The second kappa shape index (κ2) is 6.75. The Morgan fingerprint density at radius 2 is 2.10 bits per heavy atom. The van der Waals surface area contributed by atoms with Gasteiger partial charge in [-0.3, -0.25) is 4.68 Å². The second-order valence-corrected chi connectivity index (χ2v) is 6.73. The Balaban J connectivity index is 1.56. The van der Waals surface area contributed by atoms with Gasteiger partial charge < -0.3 is 5.32 Å². The molecule has 2 aliphatic rings. The first kappa shape index (κ1) is 14.1. The van der Waals surface area contributed by atoms with E-state index in [-0.39, 0.29) is 0 Å². The van der Waals surface area contributed by atoms with Gasteiger partial charge in [0.25, 0.3) is 0 Å². The van der Waals surface area contributed by atoms with Crippen LogP contribution < -0.4 is 5.32 Å². The maximum Gasteiger partial charge on any atom is 0.0640 e. The Morgan fingerprint density at radius 1 is 1.25 bits per heavy atom. The monoisotopic (exact) mass is 275 g/mol. The summed E-state index contributed by atoms with van der Waals surface area (Å²) in [5.74, 6) is 0.918. The summed E-state index contributed by atoms with van der Waals surface area (Å²) in [6, 6.07) is 3.55. The zero-order valence-corrected chi connectivity index (χ0v) is 12.9. The van der Waals surface area contributed by atoms with Crippen LogP contribution in [-0.4, -0.2) is 22.4 Å². The Bertz CT molecular complexity index is 406. The largest absolute Gasteiger partial charge is 0.314 e. The molecule has 1 N–H and O–H groups in total. The summed E-state index contributed by atoms with van der Waals surface area (Å²) in [7, 11) is 0. The van der Waals surface area contributed by atoms with Crippen LogP contribution in [0.3, 0.4) is 0 Å². The number of nitrogens with one attached hydrogen (secondary N) is 1. The van der Waals surface area contributed by atoms with Crippen LogP contribution in [0, 0.1) is 5.92 Å². The van der Waals surface area contributed by atoms with Gasteiger partial charge in [0, 0.05) is 18.7 Å². The van der Waals surface area contributed by atoms with Gasteiger partial charge in [0.15, 0.2) is 0 Å². The smallest absolute Gasteiger partial charge is 0.0640 e. The zero-order chi connectivity index (χ0) is 13.8. The van der Waals surface area contributed by atoms with Gasteiger partial charge in [-0.2, -0.15) is 5.10 Å². The molecule has 1 aliphatic carbocycles. The van der Waals surface area contributed by atoms with Gasteiger partial charge in [-0.05, 0) is 44.2 Å². The molecule has 3 rings (SSSR count). The van der Waals surface area contributed by atoms with Gasteiger partial charge in [0.2, 0.25) is 0 Å². The lowest BCUT2D eigenvalue weighted by Gasteiger charge is -2.29. The lowest BCUT2D eigenvalue weighted by atomic mass is 9.88. The number of aromatic nitrogens is 2. The fraction of sp³-hybridized carbons (Fsp3) is 0.824. The van der Waals surface area contributed by atoms with Crippen LogP contribution in [0.1, 0.15) is 70.0 Å². The lowest BCUT2D eigenvalue weighted by Crippen LogP contribution is -2.39. The molecule has 3 nitrogen and oxygen atoms in total. The van der Waals surface area contributed by atoms with E-state index in [2.05, 4.69) is 29.2 Å². The van der Waals surface area contributed by atoms with Crippen LogP contribution >= 0.6 is 0 Å². The average molecular weight is 275 g/mol. The summed E-state index contributed by atoms with van der Waals surface area (Å²) in [6.45, 7) is 3.51. The highest BCUT2D eigenvalue weighted by Gasteiger charge is 2.22. The SMILES string of the molecule is CCC1CCNC(Cc2ccn(C3CCCCC3)n2)C1. The summed E-state index contributed by atoms with van der Waals surface area (Å²) in [6.07, 6.45) is 14.1. The molecule has 2 fully saturated rings. The second-order valence-electron chi connectivity index (χ2n) is 6.73. The van der Waals surface area contributed by atoms with Crippen molar-refractivity contribution in [2.75, 3.05) is 6.54 Å².